The van der Waals surface area contributed by atoms with Crippen LogP contribution in [0.15, 0.2) is 30.3 Å². The van der Waals surface area contributed by atoms with Gasteiger partial charge in [0.25, 0.3) is 5.91 Å². The minimum Gasteiger partial charge on any atom is -0.342 e. The molecule has 5 rings (SSSR count). The molecule has 2 heterocycles. The van der Waals surface area contributed by atoms with E-state index >= 15 is 4.39 Å². The second kappa shape index (κ2) is 8.67. The van der Waals surface area contributed by atoms with Gasteiger partial charge in [0.2, 0.25) is 0 Å². The van der Waals surface area contributed by atoms with Gasteiger partial charge in [-0.1, -0.05) is 6.07 Å². The van der Waals surface area contributed by atoms with Crippen molar-refractivity contribution in [2.75, 3.05) is 9.80 Å². The van der Waals surface area contributed by atoms with E-state index in [1.54, 1.807) is 12.1 Å². The van der Waals surface area contributed by atoms with E-state index in [9.17, 15) is 22.4 Å². The lowest BCUT2D eigenvalue weighted by Crippen LogP contribution is -2.69. The number of anilines is 2. The molecule has 1 saturated carbocycles. The Balaban J connectivity index is 1.51. The van der Waals surface area contributed by atoms with E-state index in [1.807, 2.05) is 11.0 Å². The van der Waals surface area contributed by atoms with Crippen molar-refractivity contribution in [3.63, 3.8) is 0 Å². The maximum Gasteiger partial charge on any atom is 0.420 e. The van der Waals surface area contributed by atoms with Gasteiger partial charge in [0.1, 0.15) is 27.7 Å². The minimum absolute atomic E-state index is 0.309. The number of halogens is 5. The number of hydrogen-bond donors (Lipinski definition) is 0. The molecule has 5 nitrogen and oxygen atoms in total. The van der Waals surface area contributed by atoms with Crippen molar-refractivity contribution < 1.29 is 26.7 Å². The van der Waals surface area contributed by atoms with Gasteiger partial charge in [-0.25, -0.2) is 8.78 Å². The van der Waals surface area contributed by atoms with E-state index < -0.39 is 51.4 Å². The summed E-state index contributed by atoms with van der Waals surface area (Å²) in [6, 6.07) is 10.0. The molecule has 1 amide bonds. The zero-order valence-electron chi connectivity index (χ0n) is 18.8. The van der Waals surface area contributed by atoms with E-state index in [1.165, 1.54) is 23.9 Å². The number of amides is 1. The number of benzene rings is 2. The monoisotopic (exact) mass is 518 g/mol. The zero-order chi connectivity index (χ0) is 25.8. The van der Waals surface area contributed by atoms with E-state index in [-0.39, 0.29) is 5.37 Å². The lowest BCUT2D eigenvalue weighted by atomic mass is 9.72. The summed E-state index contributed by atoms with van der Waals surface area (Å²) in [5.41, 5.74) is -3.20. The highest BCUT2D eigenvalue weighted by Crippen LogP contribution is 2.60. The molecule has 36 heavy (non-hydrogen) atoms. The van der Waals surface area contributed by atoms with Gasteiger partial charge < -0.3 is 4.90 Å². The average molecular weight is 519 g/mol. The van der Waals surface area contributed by atoms with Crippen LogP contribution in [0.5, 0.6) is 0 Å². The Bertz CT molecular complexity index is 1330. The van der Waals surface area contributed by atoms with Crippen molar-refractivity contribution in [2.24, 2.45) is 0 Å². The van der Waals surface area contributed by atoms with Gasteiger partial charge in [0.15, 0.2) is 5.82 Å². The van der Waals surface area contributed by atoms with Crippen molar-refractivity contribution in [3.8, 4) is 12.1 Å². The van der Waals surface area contributed by atoms with Crippen LogP contribution in [0.1, 0.15) is 48.8 Å². The average Bonchev–Trinajstić information content (AvgIpc) is 3.57. The Morgan fingerprint density at radius 3 is 2.44 bits per heavy atom. The Labute approximate surface area is 208 Å². The zero-order valence-corrected chi connectivity index (χ0v) is 19.6. The Morgan fingerprint density at radius 2 is 1.86 bits per heavy atom. The number of rotatable bonds is 5. The molecule has 0 bridgehead atoms. The van der Waals surface area contributed by atoms with E-state index in [0.717, 1.165) is 17.0 Å². The van der Waals surface area contributed by atoms with Crippen LogP contribution < -0.4 is 9.80 Å². The van der Waals surface area contributed by atoms with Crippen molar-refractivity contribution >= 4 is 29.0 Å². The molecule has 2 unspecified atom stereocenters. The molecule has 0 radical (unpaired) electrons. The highest BCUT2D eigenvalue weighted by Gasteiger charge is 2.67. The normalized spacial score (nSPS) is 22.0. The maximum atomic E-state index is 15.2. The quantitative estimate of drug-likeness (QED) is 0.281. The molecule has 2 aromatic rings. The van der Waals surface area contributed by atoms with Crippen LogP contribution in [0.4, 0.5) is 33.3 Å². The van der Waals surface area contributed by atoms with E-state index in [0.29, 0.717) is 49.8 Å². The maximum absolute atomic E-state index is 15.2. The van der Waals surface area contributed by atoms with Crippen LogP contribution in [0.25, 0.3) is 0 Å². The number of alkyl halides is 3. The van der Waals surface area contributed by atoms with Gasteiger partial charge in [-0.05, 0) is 61.9 Å². The molecule has 1 aliphatic carbocycles. The lowest BCUT2D eigenvalue weighted by molar-refractivity contribution is -0.140. The summed E-state index contributed by atoms with van der Waals surface area (Å²) < 4.78 is 70.8. The first-order chi connectivity index (χ1) is 17.1. The topological polar surface area (TPSA) is 71.1 Å². The third kappa shape index (κ3) is 3.68. The Morgan fingerprint density at radius 1 is 1.11 bits per heavy atom. The van der Waals surface area contributed by atoms with Crippen molar-refractivity contribution in [1.82, 2.24) is 0 Å². The Hall–Kier alpha value is -3.31. The molecule has 2 saturated heterocycles. The summed E-state index contributed by atoms with van der Waals surface area (Å²) in [7, 11) is 0. The first-order valence-corrected chi connectivity index (χ1v) is 12.3. The standard InChI is InChI=1S/C25H19F5N4OS/c26-17-12-16(7-5-14(17)4-1-2-11-31)34-22-21(36-22)33(23(35)24(34)9-3-10-24)18-8-6-15(13-32)19(20(18)27)25(28,29)30/h5-8,12,21-22H,1-4,9-10H2. The highest BCUT2D eigenvalue weighted by molar-refractivity contribution is 8.08. The van der Waals surface area contributed by atoms with Crippen LogP contribution in [-0.4, -0.2) is 22.2 Å². The number of hydrogen-bond acceptors (Lipinski definition) is 5. The molecular weight excluding hydrogens is 499 g/mol. The number of nitrogens with zero attached hydrogens (tertiary/aromatic N) is 4. The predicted molar refractivity (Wildman–Crippen MR) is 123 cm³/mol. The number of aryl methyl sites for hydroxylation is 1. The predicted octanol–water partition coefficient (Wildman–Crippen LogP) is 5.88. The molecule has 0 N–H and O–H groups in total. The fraction of sp³-hybridized carbons (Fsp3) is 0.400. The SMILES string of the molecule is N#CCCCc1ccc(N2C3SC3N(c3ccc(C#N)c(C(F)(F)F)c3F)C(=O)C23CCC3)cc1F. The van der Waals surface area contributed by atoms with Crippen LogP contribution >= 0.6 is 11.8 Å². The third-order valence-corrected chi connectivity index (χ3v) is 8.23. The molecule has 2 atom stereocenters. The molecule has 3 fully saturated rings. The van der Waals surface area contributed by atoms with Crippen LogP contribution in [0, 0.1) is 34.3 Å². The second-order valence-electron chi connectivity index (χ2n) is 9.07. The highest BCUT2D eigenvalue weighted by atomic mass is 32.2. The lowest BCUT2D eigenvalue weighted by Gasteiger charge is -2.54. The van der Waals surface area contributed by atoms with Gasteiger partial charge in [0, 0.05) is 12.1 Å². The van der Waals surface area contributed by atoms with Gasteiger partial charge in [0.05, 0.1) is 23.4 Å². The number of thioether (sulfide) groups is 1. The van der Waals surface area contributed by atoms with E-state index in [2.05, 4.69) is 0 Å². The van der Waals surface area contributed by atoms with Crippen LogP contribution in [0.2, 0.25) is 0 Å². The van der Waals surface area contributed by atoms with Gasteiger partial charge in [-0.15, -0.1) is 11.8 Å². The van der Waals surface area contributed by atoms with Gasteiger partial charge in [-0.3, -0.25) is 9.69 Å². The largest absolute Gasteiger partial charge is 0.420 e. The number of fused-ring (bicyclic) bond motifs is 1. The molecule has 11 heteroatoms. The van der Waals surface area contributed by atoms with E-state index in [4.69, 9.17) is 10.5 Å². The molecule has 0 aromatic heterocycles. The second-order valence-corrected chi connectivity index (χ2v) is 10.3. The summed E-state index contributed by atoms with van der Waals surface area (Å²) in [4.78, 5) is 16.7. The number of piperazine rings is 1. The van der Waals surface area contributed by atoms with Crippen LogP contribution in [0.3, 0.4) is 0 Å². The molecule has 186 valence electrons. The summed E-state index contributed by atoms with van der Waals surface area (Å²) in [6.45, 7) is 0. The van der Waals surface area contributed by atoms with Crippen molar-refractivity contribution in [2.45, 2.75) is 61.0 Å². The smallest absolute Gasteiger partial charge is 0.342 e. The first-order valence-electron chi connectivity index (χ1n) is 11.4. The van der Waals surface area contributed by atoms with Crippen molar-refractivity contribution in [1.29, 1.82) is 10.5 Å². The fourth-order valence-electron chi connectivity index (χ4n) is 5.14. The number of carbonyl (C=O) groups excluding carboxylic acids is 1. The first kappa shape index (κ1) is 24.4. The fourth-order valence-corrected chi connectivity index (χ4v) is 6.35. The summed E-state index contributed by atoms with van der Waals surface area (Å²) in [5.74, 6) is -2.63. The number of carbonyl (C=O) groups is 1. The van der Waals surface area contributed by atoms with Gasteiger partial charge >= 0.3 is 6.18 Å². The Kier molecular flexibility index (Phi) is 5.87. The number of unbranched alkanes of at least 4 members (excludes halogenated alkanes) is 1. The molecule has 2 aromatic carbocycles. The third-order valence-electron chi connectivity index (χ3n) is 7.05. The molecule has 2 aliphatic heterocycles. The van der Waals surface area contributed by atoms with Crippen LogP contribution in [-0.2, 0) is 17.4 Å². The van der Waals surface area contributed by atoms with Crippen molar-refractivity contribution in [3.05, 3.63) is 58.7 Å². The molecule has 1 spiro atoms. The summed E-state index contributed by atoms with van der Waals surface area (Å²) in [5, 5.41) is 16.7. The molecular formula is C25H19F5N4OS. The summed E-state index contributed by atoms with van der Waals surface area (Å²) >= 11 is 1.28. The number of nitriles is 2. The molecule has 3 aliphatic rings. The minimum atomic E-state index is -5.10. The van der Waals surface area contributed by atoms with Gasteiger partial charge in [-0.2, -0.15) is 23.7 Å². The summed E-state index contributed by atoms with van der Waals surface area (Å²) in [6.07, 6.45) is -2.38.